The van der Waals surface area contributed by atoms with Crippen LogP contribution in [-0.4, -0.2) is 31.2 Å². The van der Waals surface area contributed by atoms with Gasteiger partial charge in [0.1, 0.15) is 11.5 Å². The molecule has 0 aliphatic carbocycles. The van der Waals surface area contributed by atoms with Crippen LogP contribution >= 0.6 is 0 Å². The van der Waals surface area contributed by atoms with Gasteiger partial charge in [0.2, 0.25) is 5.89 Å². The molecule has 2 aromatic carbocycles. The van der Waals surface area contributed by atoms with Gasteiger partial charge in [0, 0.05) is 18.0 Å². The standard InChI is InChI=1S/C25H28N2O4/c1-4-8-23(26-17-24(28)29-3)19-11-13-21(14-12-19)30-16-15-22-18(2)31-25(27-22)20-9-6-5-7-10-20/h4-7,9-14,23,26H,1,8,15-17H2,2-3H3. The lowest BCUT2D eigenvalue weighted by atomic mass is 10.0. The molecular formula is C25H28N2O4. The fraction of sp³-hybridized carbons (Fsp3) is 0.280. The third-order valence-electron chi connectivity index (χ3n) is 4.93. The molecule has 3 rings (SSSR count). The molecule has 6 nitrogen and oxygen atoms in total. The van der Waals surface area contributed by atoms with Crippen LogP contribution in [-0.2, 0) is 16.0 Å². The van der Waals surface area contributed by atoms with Crippen molar-refractivity contribution in [1.29, 1.82) is 0 Å². The van der Waals surface area contributed by atoms with Crippen molar-refractivity contribution in [2.45, 2.75) is 25.8 Å². The van der Waals surface area contributed by atoms with Crippen LogP contribution in [0.3, 0.4) is 0 Å². The Balaban J connectivity index is 1.55. The summed E-state index contributed by atoms with van der Waals surface area (Å²) >= 11 is 0. The number of nitrogens with one attached hydrogen (secondary N) is 1. The van der Waals surface area contributed by atoms with Crippen molar-refractivity contribution in [1.82, 2.24) is 10.3 Å². The minimum absolute atomic E-state index is 0.0140. The molecule has 0 fully saturated rings. The molecule has 0 saturated carbocycles. The van der Waals surface area contributed by atoms with E-state index in [0.29, 0.717) is 25.3 Å². The van der Waals surface area contributed by atoms with E-state index in [-0.39, 0.29) is 18.6 Å². The van der Waals surface area contributed by atoms with Crippen molar-refractivity contribution in [3.05, 3.63) is 84.3 Å². The van der Waals surface area contributed by atoms with Gasteiger partial charge in [-0.2, -0.15) is 0 Å². The maximum Gasteiger partial charge on any atom is 0.319 e. The second kappa shape index (κ2) is 11.1. The number of ether oxygens (including phenoxy) is 2. The minimum Gasteiger partial charge on any atom is -0.493 e. The summed E-state index contributed by atoms with van der Waals surface area (Å²) < 4.78 is 16.4. The van der Waals surface area contributed by atoms with E-state index in [1.807, 2.05) is 67.6 Å². The second-order valence-corrected chi connectivity index (χ2v) is 7.09. The third kappa shape index (κ3) is 6.30. The highest BCUT2D eigenvalue weighted by Gasteiger charge is 2.13. The van der Waals surface area contributed by atoms with Gasteiger partial charge in [-0.15, -0.1) is 6.58 Å². The lowest BCUT2D eigenvalue weighted by molar-refractivity contribution is -0.139. The molecule has 0 aliphatic heterocycles. The maximum atomic E-state index is 11.4. The van der Waals surface area contributed by atoms with Crippen molar-refractivity contribution >= 4 is 5.97 Å². The van der Waals surface area contributed by atoms with Crippen molar-refractivity contribution in [2.24, 2.45) is 0 Å². The number of rotatable bonds is 11. The molecule has 1 aromatic heterocycles. The molecule has 0 radical (unpaired) electrons. The SMILES string of the molecule is C=CCC(NCC(=O)OC)c1ccc(OCCc2nc(-c3ccccc3)oc2C)cc1. The monoisotopic (exact) mass is 420 g/mol. The first kappa shape index (κ1) is 22.3. The zero-order valence-electron chi connectivity index (χ0n) is 18.0. The lowest BCUT2D eigenvalue weighted by Crippen LogP contribution is -2.28. The first-order chi connectivity index (χ1) is 15.1. The van der Waals surface area contributed by atoms with Crippen LogP contribution in [0.1, 0.15) is 29.5 Å². The van der Waals surface area contributed by atoms with Crippen molar-refractivity contribution in [2.75, 3.05) is 20.3 Å². The van der Waals surface area contributed by atoms with Crippen LogP contribution < -0.4 is 10.1 Å². The molecule has 6 heteroatoms. The zero-order valence-corrected chi connectivity index (χ0v) is 18.0. The molecule has 0 bridgehead atoms. The van der Waals surface area contributed by atoms with Gasteiger partial charge < -0.3 is 13.9 Å². The fourth-order valence-corrected chi connectivity index (χ4v) is 3.21. The van der Waals surface area contributed by atoms with Crippen molar-refractivity contribution in [3.8, 4) is 17.2 Å². The van der Waals surface area contributed by atoms with E-state index in [9.17, 15) is 4.79 Å². The summed E-state index contributed by atoms with van der Waals surface area (Å²) in [5.74, 6) is 1.91. The molecule has 0 saturated heterocycles. The van der Waals surface area contributed by atoms with Crippen LogP contribution in [0.4, 0.5) is 0 Å². The van der Waals surface area contributed by atoms with Gasteiger partial charge in [-0.1, -0.05) is 36.4 Å². The Kier molecular flexibility index (Phi) is 8.01. The number of aryl methyl sites for hydroxylation is 1. The van der Waals surface area contributed by atoms with Crippen LogP contribution in [0, 0.1) is 6.92 Å². The van der Waals surface area contributed by atoms with E-state index in [4.69, 9.17) is 13.9 Å². The number of nitrogens with zero attached hydrogens (tertiary/aromatic N) is 1. The average molecular weight is 421 g/mol. The summed E-state index contributed by atoms with van der Waals surface area (Å²) in [6.07, 6.45) is 3.18. The fourth-order valence-electron chi connectivity index (χ4n) is 3.21. The summed E-state index contributed by atoms with van der Waals surface area (Å²) in [7, 11) is 1.38. The van der Waals surface area contributed by atoms with Gasteiger partial charge in [-0.25, -0.2) is 4.98 Å². The minimum atomic E-state index is -0.299. The number of esters is 1. The van der Waals surface area contributed by atoms with Crippen molar-refractivity contribution in [3.63, 3.8) is 0 Å². The number of methoxy groups -OCH3 is 1. The highest BCUT2D eigenvalue weighted by molar-refractivity contribution is 5.71. The molecule has 1 atom stereocenters. The lowest BCUT2D eigenvalue weighted by Gasteiger charge is -2.17. The Labute approximate surface area is 182 Å². The Hall–Kier alpha value is -3.38. The van der Waals surface area contributed by atoms with Crippen LogP contribution in [0.15, 0.2) is 71.7 Å². The number of aromatic nitrogens is 1. The molecule has 0 aliphatic rings. The first-order valence-corrected chi connectivity index (χ1v) is 10.3. The normalized spacial score (nSPS) is 11.7. The van der Waals surface area contributed by atoms with Crippen LogP contribution in [0.5, 0.6) is 5.75 Å². The van der Waals surface area contributed by atoms with E-state index in [2.05, 4.69) is 16.9 Å². The van der Waals surface area contributed by atoms with E-state index < -0.39 is 0 Å². The van der Waals surface area contributed by atoms with Gasteiger partial charge >= 0.3 is 5.97 Å². The Morgan fingerprint density at radius 1 is 1.19 bits per heavy atom. The molecule has 1 N–H and O–H groups in total. The molecule has 0 amide bonds. The van der Waals surface area contributed by atoms with E-state index in [0.717, 1.165) is 28.3 Å². The number of carbonyl (C=O) groups excluding carboxylic acids is 1. The van der Waals surface area contributed by atoms with Gasteiger partial charge in [0.15, 0.2) is 0 Å². The smallest absolute Gasteiger partial charge is 0.319 e. The largest absolute Gasteiger partial charge is 0.493 e. The number of hydrogen-bond acceptors (Lipinski definition) is 6. The van der Waals surface area contributed by atoms with Gasteiger partial charge in [-0.3, -0.25) is 10.1 Å². The van der Waals surface area contributed by atoms with Crippen LogP contribution in [0.25, 0.3) is 11.5 Å². The van der Waals surface area contributed by atoms with Gasteiger partial charge in [0.05, 0.1) is 26.0 Å². The average Bonchev–Trinajstić information content (AvgIpc) is 3.18. The third-order valence-corrected chi connectivity index (χ3v) is 4.93. The summed E-state index contributed by atoms with van der Waals surface area (Å²) in [6.45, 7) is 6.36. The topological polar surface area (TPSA) is 73.6 Å². The number of hydrogen-bond donors (Lipinski definition) is 1. The molecule has 3 aromatic rings. The summed E-state index contributed by atoms with van der Waals surface area (Å²) in [4.78, 5) is 16.0. The quantitative estimate of drug-likeness (QED) is 0.360. The van der Waals surface area contributed by atoms with Gasteiger partial charge in [0.25, 0.3) is 0 Å². The zero-order chi connectivity index (χ0) is 22.1. The Bertz CT molecular complexity index is 981. The van der Waals surface area contributed by atoms with E-state index >= 15 is 0 Å². The first-order valence-electron chi connectivity index (χ1n) is 10.3. The van der Waals surface area contributed by atoms with E-state index in [1.54, 1.807) is 0 Å². The maximum absolute atomic E-state index is 11.4. The second-order valence-electron chi connectivity index (χ2n) is 7.09. The van der Waals surface area contributed by atoms with E-state index in [1.165, 1.54) is 7.11 Å². The molecular weight excluding hydrogens is 392 g/mol. The number of benzene rings is 2. The summed E-state index contributed by atoms with van der Waals surface area (Å²) in [5.41, 5.74) is 2.91. The highest BCUT2D eigenvalue weighted by Crippen LogP contribution is 2.23. The molecule has 1 heterocycles. The highest BCUT2D eigenvalue weighted by atomic mass is 16.5. The van der Waals surface area contributed by atoms with Gasteiger partial charge in [-0.05, 0) is 43.2 Å². The van der Waals surface area contributed by atoms with Crippen LogP contribution in [0.2, 0.25) is 0 Å². The predicted molar refractivity (Wildman–Crippen MR) is 120 cm³/mol. The molecule has 1 unspecified atom stereocenters. The summed E-state index contributed by atoms with van der Waals surface area (Å²) in [5, 5.41) is 3.19. The summed E-state index contributed by atoms with van der Waals surface area (Å²) in [6, 6.07) is 17.7. The number of oxazole rings is 1. The predicted octanol–water partition coefficient (Wildman–Crippen LogP) is 4.65. The number of carbonyl (C=O) groups is 1. The molecule has 31 heavy (non-hydrogen) atoms. The molecule has 162 valence electrons. The Morgan fingerprint density at radius 2 is 1.94 bits per heavy atom. The molecule has 0 spiro atoms. The Morgan fingerprint density at radius 3 is 2.61 bits per heavy atom. The van der Waals surface area contributed by atoms with Crippen molar-refractivity contribution < 1.29 is 18.7 Å².